The molecule has 0 aliphatic carbocycles. The number of benzene rings is 8. The number of ether oxygens (including phenoxy) is 1. The number of amides is 2. The van der Waals surface area contributed by atoms with Crippen molar-refractivity contribution in [2.24, 2.45) is 10.9 Å². The summed E-state index contributed by atoms with van der Waals surface area (Å²) in [5.74, 6) is -0.281. The highest BCUT2D eigenvalue weighted by molar-refractivity contribution is 7.90. The van der Waals surface area contributed by atoms with E-state index in [1.807, 2.05) is 59.5 Å². The van der Waals surface area contributed by atoms with E-state index in [0.717, 1.165) is 43.3 Å². The van der Waals surface area contributed by atoms with Crippen LogP contribution in [-0.2, 0) is 46.3 Å². The number of fused-ring (bicyclic) bond motifs is 4. The van der Waals surface area contributed by atoms with Crippen molar-refractivity contribution in [1.29, 1.82) is 0 Å². The summed E-state index contributed by atoms with van der Waals surface area (Å²) >= 11 is 0. The summed E-state index contributed by atoms with van der Waals surface area (Å²) in [7, 11) is -6.77. The van der Waals surface area contributed by atoms with Crippen molar-refractivity contribution in [2.75, 3.05) is 32.6 Å². The Morgan fingerprint density at radius 2 is 0.696 bits per heavy atom. The lowest BCUT2D eigenvalue weighted by Crippen LogP contribution is -2.40. The number of rotatable bonds is 4. The van der Waals surface area contributed by atoms with Gasteiger partial charge in [0, 0.05) is 30.5 Å². The van der Waals surface area contributed by atoms with Crippen molar-refractivity contribution in [1.82, 2.24) is 4.90 Å². The number of hydrogen-bond donors (Lipinski definition) is 2. The normalized spacial score (nSPS) is 12.9. The molecule has 4 N–H and O–H groups in total. The van der Waals surface area contributed by atoms with Crippen molar-refractivity contribution < 1.29 is 31.2 Å². The maximum absolute atomic E-state index is 12.5. The molecule has 1 saturated heterocycles. The molecule has 9 rings (SSSR count). The van der Waals surface area contributed by atoms with Crippen molar-refractivity contribution >= 4 is 74.8 Å². The second-order valence-corrected chi connectivity index (χ2v) is 27.2. The number of sulfone groups is 1. The zero-order valence-corrected chi connectivity index (χ0v) is 47.6. The molecule has 10 nitrogen and oxygen atoms in total. The van der Waals surface area contributed by atoms with Gasteiger partial charge in [0.2, 0.25) is 15.9 Å². The molecule has 0 unspecified atom stereocenters. The van der Waals surface area contributed by atoms with Crippen LogP contribution >= 0.6 is 0 Å². The van der Waals surface area contributed by atoms with Gasteiger partial charge in [-0.05, 0) is 136 Å². The molecular weight excluding hydrogens is 1020 g/mol. The summed E-state index contributed by atoms with van der Waals surface area (Å²) in [6.45, 7) is 28.8. The van der Waals surface area contributed by atoms with Crippen LogP contribution in [0.2, 0.25) is 0 Å². The maximum atomic E-state index is 12.5. The lowest BCUT2D eigenvalue weighted by Gasteiger charge is -2.27. The average Bonchev–Trinajstić information content (AvgIpc) is 3.34. The number of sulfonamides is 1. The van der Waals surface area contributed by atoms with Crippen LogP contribution in [0.4, 0.5) is 0 Å². The number of primary sulfonamides is 1. The molecule has 1 aliphatic rings. The van der Waals surface area contributed by atoms with Crippen molar-refractivity contribution in [3.8, 4) is 0 Å². The minimum absolute atomic E-state index is 0. The van der Waals surface area contributed by atoms with E-state index in [2.05, 4.69) is 138 Å². The molecule has 1 heterocycles. The number of morpholine rings is 1. The van der Waals surface area contributed by atoms with E-state index >= 15 is 0 Å². The Bertz CT molecular complexity index is 3500. The Labute approximate surface area is 474 Å². The fraction of sp³-hybridized carbons (Fsp3) is 0.373. The van der Waals surface area contributed by atoms with Crippen molar-refractivity contribution in [3.05, 3.63) is 179 Å². The molecule has 1 aliphatic heterocycles. The van der Waals surface area contributed by atoms with Gasteiger partial charge in [0.05, 0.1) is 23.0 Å². The molecule has 428 valence electrons. The first-order chi connectivity index (χ1) is 34.7. The fourth-order valence-electron chi connectivity index (χ4n) is 8.45. The van der Waals surface area contributed by atoms with Gasteiger partial charge in [-0.25, -0.2) is 22.0 Å². The molecule has 2 amide bonds. The summed E-state index contributed by atoms with van der Waals surface area (Å²) in [6, 6.07) is 46.8. The van der Waals surface area contributed by atoms with E-state index in [1.165, 1.54) is 33.9 Å². The zero-order chi connectivity index (χ0) is 55.5. The van der Waals surface area contributed by atoms with Crippen molar-refractivity contribution in [2.45, 2.75) is 144 Å². The standard InChI is InChI=1S/C19H23NO2.C15H17NO.C15H18O2S.C14H17NO2S.4CH4/c1-19(2,3)17-7-6-14-12-16(5-4-15(14)13-17)18(21)20-8-10-22-11-9-20;1-15(2,3)13-7-6-10-8-12(14(16)17)5-4-11(10)9-13;1-15(2,3)13-7-5-12-10-14(18(4,16)17)8-6-11(12)9-13;1-14(2,3)12-6-4-11-9-13(18(15,16)17)7-5-10(11)8-12;;;;/h4-7,12-13H,8-11H2,1-3H3;4-9H,1-3H3,(H2,16,17);5-10H,1-4H3;4-9H,1-3H3,(H2,15,16,17);4*1H4. The van der Waals surface area contributed by atoms with E-state index in [4.69, 9.17) is 15.6 Å². The van der Waals surface area contributed by atoms with Gasteiger partial charge >= 0.3 is 0 Å². The lowest BCUT2D eigenvalue weighted by atomic mass is 9.86. The monoisotopic (exact) mass is 1110 g/mol. The third-order valence-corrected chi connectivity index (χ3v) is 15.4. The summed E-state index contributed by atoms with van der Waals surface area (Å²) < 4.78 is 50.9. The second-order valence-electron chi connectivity index (χ2n) is 23.6. The topological polar surface area (TPSA) is 167 Å². The number of hydrogen-bond acceptors (Lipinski definition) is 7. The molecule has 1 fully saturated rings. The number of primary amides is 1. The van der Waals surface area contributed by atoms with Crippen LogP contribution in [0, 0.1) is 0 Å². The predicted octanol–water partition coefficient (Wildman–Crippen LogP) is 15.7. The third kappa shape index (κ3) is 18.3. The molecule has 0 bridgehead atoms. The average molecular weight is 1110 g/mol. The first-order valence-corrected chi connectivity index (χ1v) is 28.7. The van der Waals surface area contributed by atoms with Gasteiger partial charge in [-0.1, -0.05) is 210 Å². The fourth-order valence-corrected chi connectivity index (χ4v) is 9.65. The van der Waals surface area contributed by atoms with Crippen LogP contribution in [0.15, 0.2) is 155 Å². The predicted molar refractivity (Wildman–Crippen MR) is 337 cm³/mol. The number of carbonyl (C=O) groups is 2. The zero-order valence-electron chi connectivity index (χ0n) is 46.0. The van der Waals surface area contributed by atoms with Crippen LogP contribution in [0.5, 0.6) is 0 Å². The van der Waals surface area contributed by atoms with Gasteiger partial charge in [-0.15, -0.1) is 0 Å². The van der Waals surface area contributed by atoms with E-state index in [1.54, 1.807) is 36.4 Å². The molecule has 8 aromatic carbocycles. The molecular formula is C67H91N3O7S2. The second kappa shape index (κ2) is 26.7. The molecule has 0 radical (unpaired) electrons. The molecule has 8 aromatic rings. The molecule has 0 spiro atoms. The van der Waals surface area contributed by atoms with Gasteiger partial charge in [0.25, 0.3) is 5.91 Å². The summed E-state index contributed by atoms with van der Waals surface area (Å²) in [6.07, 6.45) is 1.23. The minimum Gasteiger partial charge on any atom is -0.378 e. The highest BCUT2D eigenvalue weighted by Gasteiger charge is 2.21. The van der Waals surface area contributed by atoms with Gasteiger partial charge in [-0.3, -0.25) is 9.59 Å². The van der Waals surface area contributed by atoms with Gasteiger partial charge in [0.15, 0.2) is 9.84 Å². The Morgan fingerprint density at radius 1 is 0.418 bits per heavy atom. The van der Waals surface area contributed by atoms with Crippen LogP contribution in [0.25, 0.3) is 43.1 Å². The summed E-state index contributed by atoms with van der Waals surface area (Å²) in [5.41, 5.74) is 12.1. The third-order valence-electron chi connectivity index (χ3n) is 13.4. The Morgan fingerprint density at radius 3 is 1.03 bits per heavy atom. The van der Waals surface area contributed by atoms with Gasteiger partial charge in [0.1, 0.15) is 0 Å². The highest BCUT2D eigenvalue weighted by atomic mass is 32.2. The summed E-state index contributed by atoms with van der Waals surface area (Å²) in [5, 5.41) is 13.6. The van der Waals surface area contributed by atoms with Crippen LogP contribution in [0.3, 0.4) is 0 Å². The Balaban J connectivity index is 0.000000356. The van der Waals surface area contributed by atoms with Crippen molar-refractivity contribution in [3.63, 3.8) is 0 Å². The van der Waals surface area contributed by atoms with E-state index in [9.17, 15) is 26.4 Å². The lowest BCUT2D eigenvalue weighted by molar-refractivity contribution is 0.0303. The molecule has 79 heavy (non-hydrogen) atoms. The first kappa shape index (κ1) is 68.7. The molecule has 0 saturated carbocycles. The summed E-state index contributed by atoms with van der Waals surface area (Å²) in [4.78, 5) is 26.0. The van der Waals surface area contributed by atoms with E-state index in [0.29, 0.717) is 36.8 Å². The SMILES string of the molecule is C.C.C.C.CC(C)(C)c1ccc2cc(C(=O)N3CCOCC3)ccc2c1.CC(C)(C)c1ccc2cc(C(N)=O)ccc2c1.CC(C)(C)c1ccc2cc(S(C)(=O)=O)ccc2c1.CC(C)(C)c1ccc2cc(S(N)(=O)=O)ccc2c1. The Kier molecular flexibility index (Phi) is 23.2. The van der Waals surface area contributed by atoms with Gasteiger partial charge < -0.3 is 15.4 Å². The first-order valence-electron chi connectivity index (χ1n) is 25.3. The maximum Gasteiger partial charge on any atom is 0.254 e. The van der Waals surface area contributed by atoms with Crippen LogP contribution in [-0.4, -0.2) is 66.1 Å². The number of carbonyl (C=O) groups excluding carboxylic acids is 2. The molecule has 0 aromatic heterocycles. The number of nitrogens with two attached hydrogens (primary N) is 2. The highest BCUT2D eigenvalue weighted by Crippen LogP contribution is 2.31. The van der Waals surface area contributed by atoms with Crippen LogP contribution in [0.1, 0.15) is 156 Å². The smallest absolute Gasteiger partial charge is 0.254 e. The van der Waals surface area contributed by atoms with Gasteiger partial charge in [-0.2, -0.15) is 0 Å². The Hall–Kier alpha value is -6.44. The quantitative estimate of drug-likeness (QED) is 0.177. The van der Waals surface area contributed by atoms with Crippen LogP contribution < -0.4 is 10.9 Å². The van der Waals surface area contributed by atoms with E-state index < -0.39 is 19.9 Å². The number of nitrogens with zero attached hydrogens (tertiary/aromatic N) is 1. The van der Waals surface area contributed by atoms with E-state index in [-0.39, 0.29) is 68.1 Å². The largest absolute Gasteiger partial charge is 0.378 e. The molecule has 12 heteroatoms. The molecule has 0 atom stereocenters. The minimum atomic E-state index is -3.63.